The Bertz CT molecular complexity index is 1040. The van der Waals surface area contributed by atoms with Crippen LogP contribution in [0.3, 0.4) is 0 Å². The number of amidine groups is 1. The summed E-state index contributed by atoms with van der Waals surface area (Å²) < 4.78 is 65.7. The first-order valence-electron chi connectivity index (χ1n) is 9.00. The Morgan fingerprint density at radius 1 is 1.31 bits per heavy atom. The van der Waals surface area contributed by atoms with Crippen molar-refractivity contribution in [3.05, 3.63) is 35.6 Å². The first kappa shape index (κ1) is 24.4. The van der Waals surface area contributed by atoms with E-state index >= 15 is 0 Å². The van der Waals surface area contributed by atoms with Crippen LogP contribution in [0.2, 0.25) is 0 Å². The van der Waals surface area contributed by atoms with Crippen LogP contribution in [0.25, 0.3) is 11.1 Å². The van der Waals surface area contributed by atoms with E-state index in [0.29, 0.717) is 12.7 Å². The van der Waals surface area contributed by atoms with Crippen molar-refractivity contribution < 1.29 is 31.8 Å². The SMILES string of the molecule is CNc1cc(C(F)(F)F)cc(-c2cc(F)c(OCC(N)=NC=N)c(OC)c2)c1N(C)C=O. The van der Waals surface area contributed by atoms with Crippen molar-refractivity contribution in [3.8, 4) is 22.6 Å². The molecular weight excluding hydrogens is 434 g/mol. The lowest BCUT2D eigenvalue weighted by atomic mass is 9.97. The minimum atomic E-state index is -4.68. The molecule has 0 heterocycles. The Hall–Kier alpha value is -3.83. The first-order chi connectivity index (χ1) is 15.1. The zero-order chi connectivity index (χ0) is 24.1. The number of amides is 1. The van der Waals surface area contributed by atoms with Gasteiger partial charge in [0.2, 0.25) is 6.41 Å². The van der Waals surface area contributed by atoms with Gasteiger partial charge in [-0.15, -0.1) is 0 Å². The van der Waals surface area contributed by atoms with E-state index in [2.05, 4.69) is 10.3 Å². The largest absolute Gasteiger partial charge is 0.493 e. The summed E-state index contributed by atoms with van der Waals surface area (Å²) in [6.07, 6.45) is -3.58. The highest BCUT2D eigenvalue weighted by atomic mass is 19.4. The minimum Gasteiger partial charge on any atom is -0.493 e. The van der Waals surface area contributed by atoms with Gasteiger partial charge in [-0.2, -0.15) is 13.2 Å². The van der Waals surface area contributed by atoms with Crippen molar-refractivity contribution in [2.45, 2.75) is 6.18 Å². The van der Waals surface area contributed by atoms with Gasteiger partial charge in [0.15, 0.2) is 17.3 Å². The van der Waals surface area contributed by atoms with Crippen LogP contribution in [0.4, 0.5) is 28.9 Å². The number of hydrogen-bond acceptors (Lipinski definition) is 5. The molecule has 0 aromatic heterocycles. The molecule has 0 aliphatic rings. The third kappa shape index (κ3) is 5.25. The molecule has 2 rings (SSSR count). The molecule has 0 atom stereocenters. The number of carbonyl (C=O) groups excluding carboxylic acids is 1. The van der Waals surface area contributed by atoms with E-state index in [9.17, 15) is 22.4 Å². The van der Waals surface area contributed by atoms with E-state index in [0.717, 1.165) is 23.1 Å². The number of nitrogens with one attached hydrogen (secondary N) is 2. The van der Waals surface area contributed by atoms with Crippen LogP contribution in [-0.4, -0.2) is 46.4 Å². The zero-order valence-corrected chi connectivity index (χ0v) is 17.4. The summed E-state index contributed by atoms with van der Waals surface area (Å²) >= 11 is 0. The lowest BCUT2D eigenvalue weighted by molar-refractivity contribution is -0.137. The molecule has 0 unspecified atom stereocenters. The van der Waals surface area contributed by atoms with E-state index in [1.54, 1.807) is 0 Å². The predicted molar refractivity (Wildman–Crippen MR) is 113 cm³/mol. The Morgan fingerprint density at radius 2 is 2.00 bits per heavy atom. The summed E-state index contributed by atoms with van der Waals surface area (Å²) in [5.74, 6) is -1.50. The van der Waals surface area contributed by atoms with Gasteiger partial charge in [0.05, 0.1) is 24.0 Å². The second-order valence-corrected chi connectivity index (χ2v) is 6.41. The standard InChI is InChI=1S/C20H21F4N5O3/c1-27-15-7-12(20(22,23)24)6-13(18(15)29(2)10-30)11-4-14(21)19(16(5-11)31-3)32-8-17(26)28-9-25/h4-7,9-10,27H,8H2,1-3H3,(H3,25,26,28). The summed E-state index contributed by atoms with van der Waals surface area (Å²) in [4.78, 5) is 16.0. The number of alkyl halides is 3. The van der Waals surface area contributed by atoms with Gasteiger partial charge in [0, 0.05) is 19.7 Å². The number of methoxy groups -OCH3 is 1. The lowest BCUT2D eigenvalue weighted by Crippen LogP contribution is -2.21. The van der Waals surface area contributed by atoms with Crippen LogP contribution >= 0.6 is 0 Å². The highest BCUT2D eigenvalue weighted by molar-refractivity contribution is 5.95. The van der Waals surface area contributed by atoms with Crippen LogP contribution in [0.5, 0.6) is 11.5 Å². The van der Waals surface area contributed by atoms with Crippen molar-refractivity contribution in [2.75, 3.05) is 38.0 Å². The average molecular weight is 455 g/mol. The first-order valence-corrected chi connectivity index (χ1v) is 9.00. The fraction of sp³-hybridized carbons (Fsp3) is 0.250. The predicted octanol–water partition coefficient (Wildman–Crippen LogP) is 3.50. The molecule has 1 amide bonds. The maximum atomic E-state index is 14.9. The van der Waals surface area contributed by atoms with E-state index < -0.39 is 17.6 Å². The van der Waals surface area contributed by atoms with Crippen LogP contribution in [0.15, 0.2) is 29.3 Å². The van der Waals surface area contributed by atoms with Crippen LogP contribution < -0.4 is 25.4 Å². The molecule has 0 bridgehead atoms. The third-order valence-corrected chi connectivity index (χ3v) is 4.35. The quantitative estimate of drug-likeness (QED) is 0.232. The third-order valence-electron chi connectivity index (χ3n) is 4.35. The van der Waals surface area contributed by atoms with Gasteiger partial charge in [-0.3, -0.25) is 10.2 Å². The molecule has 0 saturated heterocycles. The van der Waals surface area contributed by atoms with Crippen LogP contribution in [0, 0.1) is 11.2 Å². The van der Waals surface area contributed by atoms with Crippen molar-refractivity contribution in [1.29, 1.82) is 5.41 Å². The van der Waals surface area contributed by atoms with E-state index in [-0.39, 0.29) is 46.4 Å². The van der Waals surface area contributed by atoms with E-state index in [1.165, 1.54) is 27.3 Å². The molecule has 12 heteroatoms. The van der Waals surface area contributed by atoms with Gasteiger partial charge in [0.1, 0.15) is 18.8 Å². The van der Waals surface area contributed by atoms with E-state index in [4.69, 9.17) is 20.6 Å². The Morgan fingerprint density at radius 3 is 2.53 bits per heavy atom. The molecule has 4 N–H and O–H groups in total. The average Bonchev–Trinajstić information content (AvgIpc) is 2.75. The molecule has 0 saturated carbocycles. The number of hydrogen-bond donors (Lipinski definition) is 3. The number of nitrogens with two attached hydrogens (primary N) is 1. The number of ether oxygens (including phenoxy) is 2. The number of rotatable bonds is 9. The van der Waals surface area contributed by atoms with Gasteiger partial charge >= 0.3 is 6.18 Å². The number of benzene rings is 2. The summed E-state index contributed by atoms with van der Waals surface area (Å²) in [5.41, 5.74) is 4.59. The summed E-state index contributed by atoms with van der Waals surface area (Å²) in [6.45, 7) is -0.353. The Labute approximate surface area is 181 Å². The number of nitrogens with zero attached hydrogens (tertiary/aromatic N) is 2. The van der Waals surface area contributed by atoms with Gasteiger partial charge < -0.3 is 25.4 Å². The fourth-order valence-electron chi connectivity index (χ4n) is 2.92. The number of halogens is 4. The van der Waals surface area contributed by atoms with Gasteiger partial charge in [0.25, 0.3) is 0 Å². The second-order valence-electron chi connectivity index (χ2n) is 6.41. The van der Waals surface area contributed by atoms with Crippen molar-refractivity contribution in [1.82, 2.24) is 0 Å². The highest BCUT2D eigenvalue weighted by Gasteiger charge is 2.33. The minimum absolute atomic E-state index is 0.0131. The molecule has 8 nitrogen and oxygen atoms in total. The number of aliphatic imine (C=N–C) groups is 1. The molecule has 2 aromatic rings. The molecule has 0 aliphatic heterocycles. The Kier molecular flexibility index (Phi) is 7.63. The normalized spacial score (nSPS) is 11.7. The van der Waals surface area contributed by atoms with Crippen molar-refractivity contribution in [2.24, 2.45) is 10.7 Å². The smallest absolute Gasteiger partial charge is 0.416 e. The molecule has 0 fully saturated rings. The maximum absolute atomic E-state index is 14.9. The van der Waals surface area contributed by atoms with Gasteiger partial charge in [-0.25, -0.2) is 9.38 Å². The fourth-order valence-corrected chi connectivity index (χ4v) is 2.92. The molecule has 32 heavy (non-hydrogen) atoms. The topological polar surface area (TPSA) is 113 Å². The lowest BCUT2D eigenvalue weighted by Gasteiger charge is -2.23. The molecular formula is C20H21F4N5O3. The summed E-state index contributed by atoms with van der Waals surface area (Å²) in [5, 5.41) is 9.50. The van der Waals surface area contributed by atoms with Crippen LogP contribution in [-0.2, 0) is 11.0 Å². The van der Waals surface area contributed by atoms with Gasteiger partial charge in [-0.05, 0) is 29.8 Å². The zero-order valence-electron chi connectivity index (χ0n) is 17.4. The molecule has 0 aliphatic carbocycles. The number of anilines is 2. The van der Waals surface area contributed by atoms with Crippen molar-refractivity contribution in [3.63, 3.8) is 0 Å². The highest BCUT2D eigenvalue weighted by Crippen LogP contribution is 2.44. The monoisotopic (exact) mass is 455 g/mol. The summed E-state index contributed by atoms with van der Waals surface area (Å²) in [7, 11) is 3.99. The van der Waals surface area contributed by atoms with E-state index in [1.807, 2.05) is 0 Å². The van der Waals surface area contributed by atoms with Crippen molar-refractivity contribution >= 4 is 30.0 Å². The summed E-state index contributed by atoms with van der Waals surface area (Å²) in [6, 6.07) is 3.91. The van der Waals surface area contributed by atoms with Gasteiger partial charge in [-0.1, -0.05) is 0 Å². The molecule has 0 radical (unpaired) electrons. The Balaban J connectivity index is 2.72. The number of carbonyl (C=O) groups is 1. The molecule has 172 valence electrons. The maximum Gasteiger partial charge on any atom is 0.416 e. The van der Waals surface area contributed by atoms with Crippen LogP contribution in [0.1, 0.15) is 5.56 Å². The molecule has 2 aromatic carbocycles. The second kappa shape index (κ2) is 9.98. The molecule has 0 spiro atoms.